The van der Waals surface area contributed by atoms with Crippen LogP contribution in [0.2, 0.25) is 5.02 Å². The highest BCUT2D eigenvalue weighted by atomic mass is 127. The van der Waals surface area contributed by atoms with Gasteiger partial charge in [-0.25, -0.2) is 4.39 Å². The van der Waals surface area contributed by atoms with E-state index in [9.17, 15) is 14.0 Å². The molecule has 1 aliphatic carbocycles. The van der Waals surface area contributed by atoms with Crippen LogP contribution in [0.5, 0.6) is 0 Å². The number of hydrogen-bond donors (Lipinski definition) is 1. The molecule has 0 fully saturated rings. The van der Waals surface area contributed by atoms with E-state index in [0.717, 1.165) is 5.56 Å². The molecule has 0 saturated carbocycles. The first kappa shape index (κ1) is 15.8. The molecule has 3 rings (SSSR count). The molecule has 1 aromatic carbocycles. The summed E-state index contributed by atoms with van der Waals surface area (Å²) in [5, 5.41) is 2.63. The van der Waals surface area contributed by atoms with Gasteiger partial charge in [-0.15, -0.1) is 0 Å². The molecule has 8 heteroatoms. The molecule has 22 heavy (non-hydrogen) atoms. The normalized spacial score (nSPS) is 13.3. The Morgan fingerprint density at radius 3 is 2.86 bits per heavy atom. The third kappa shape index (κ3) is 2.77. The van der Waals surface area contributed by atoms with E-state index in [1.165, 1.54) is 27.3 Å². The van der Waals surface area contributed by atoms with Gasteiger partial charge < -0.3 is 5.32 Å². The molecule has 1 aromatic heterocycles. The van der Waals surface area contributed by atoms with Crippen molar-refractivity contribution < 1.29 is 14.0 Å². The lowest BCUT2D eigenvalue weighted by atomic mass is 10.1. The summed E-state index contributed by atoms with van der Waals surface area (Å²) in [5.41, 5.74) is 2.22. The molecule has 1 aliphatic rings. The minimum absolute atomic E-state index is 0.0538. The van der Waals surface area contributed by atoms with Crippen LogP contribution in [0.3, 0.4) is 0 Å². The molecule has 1 heterocycles. The monoisotopic (exact) mass is 450 g/mol. The quantitative estimate of drug-likeness (QED) is 0.700. The van der Waals surface area contributed by atoms with Gasteiger partial charge in [0.05, 0.1) is 5.02 Å². The lowest BCUT2D eigenvalue weighted by molar-refractivity contribution is 0.0990. The molecular weight excluding hydrogens is 442 g/mol. The van der Waals surface area contributed by atoms with Crippen LogP contribution in [-0.2, 0) is 6.42 Å². The fraction of sp³-hybridized carbons (Fsp3) is 0.143. The van der Waals surface area contributed by atoms with Gasteiger partial charge in [-0.1, -0.05) is 11.6 Å². The lowest BCUT2D eigenvalue weighted by Gasteiger charge is -2.09. The van der Waals surface area contributed by atoms with Crippen molar-refractivity contribution in [3.8, 4) is 0 Å². The van der Waals surface area contributed by atoms with Gasteiger partial charge in [0, 0.05) is 54.2 Å². The van der Waals surface area contributed by atoms with E-state index in [1.807, 2.05) is 21.2 Å². The highest BCUT2D eigenvalue weighted by Crippen LogP contribution is 2.32. The summed E-state index contributed by atoms with van der Waals surface area (Å²) in [6.45, 7) is 0. The first-order valence-corrected chi connectivity index (χ1v) is 10.0. The summed E-state index contributed by atoms with van der Waals surface area (Å²) >= 11 is 7.76. The fourth-order valence-corrected chi connectivity index (χ4v) is 3.96. The average molecular weight is 451 g/mol. The van der Waals surface area contributed by atoms with E-state index in [-0.39, 0.29) is 16.7 Å². The van der Waals surface area contributed by atoms with Crippen molar-refractivity contribution in [2.75, 3.05) is 5.32 Å². The highest BCUT2D eigenvalue weighted by Gasteiger charge is 2.30. The Hall–Kier alpha value is -1.06. The lowest BCUT2D eigenvalue weighted by Crippen LogP contribution is -2.16. The van der Waals surface area contributed by atoms with Crippen molar-refractivity contribution in [1.82, 2.24) is 3.97 Å². The second-order valence-electron chi connectivity index (χ2n) is 4.77. The van der Waals surface area contributed by atoms with Crippen LogP contribution in [0.1, 0.15) is 32.8 Å². The van der Waals surface area contributed by atoms with Gasteiger partial charge in [0.2, 0.25) is 0 Å². The summed E-state index contributed by atoms with van der Waals surface area (Å²) in [4.78, 5) is 24.3. The summed E-state index contributed by atoms with van der Waals surface area (Å²) in [6.07, 6.45) is 2.68. The van der Waals surface area contributed by atoms with Gasteiger partial charge in [0.25, 0.3) is 5.91 Å². The number of hydrogen-bond acceptors (Lipinski definition) is 3. The minimum atomic E-state index is -0.544. The minimum Gasteiger partial charge on any atom is -0.321 e. The number of rotatable bonds is 3. The van der Waals surface area contributed by atoms with Gasteiger partial charge >= 0.3 is 0 Å². The summed E-state index contributed by atoms with van der Waals surface area (Å²) in [6, 6.07) is 3.98. The molecule has 2 aromatic rings. The number of nitrogens with zero attached hydrogens (tertiary/aromatic N) is 1. The van der Waals surface area contributed by atoms with E-state index >= 15 is 0 Å². The number of nitrogens with one attached hydrogen (secondary N) is 1. The van der Waals surface area contributed by atoms with Crippen molar-refractivity contribution in [2.24, 2.45) is 0 Å². The predicted molar refractivity (Wildman–Crippen MR) is 93.5 cm³/mol. The van der Waals surface area contributed by atoms with Gasteiger partial charge in [-0.2, -0.15) is 0 Å². The molecule has 0 aliphatic heterocycles. The fourth-order valence-electron chi connectivity index (χ4n) is 2.44. The van der Waals surface area contributed by atoms with Crippen molar-refractivity contribution in [3.05, 3.63) is 52.1 Å². The number of anilines is 1. The summed E-state index contributed by atoms with van der Waals surface area (Å²) in [5.74, 6) is -0.835. The van der Waals surface area contributed by atoms with E-state index in [0.29, 0.717) is 29.8 Å². The number of carbonyl (C=O) groups excluding carboxylic acids is 2. The average Bonchev–Trinajstić information content (AvgIpc) is 3.02. The Kier molecular flexibility index (Phi) is 4.47. The van der Waals surface area contributed by atoms with Crippen LogP contribution in [-0.4, -0.2) is 15.7 Å². The molecule has 0 unspecified atom stereocenters. The van der Waals surface area contributed by atoms with Crippen molar-refractivity contribution in [1.29, 1.82) is 0 Å². The number of halogens is 3. The molecule has 0 radical (unpaired) electrons. The smallest absolute Gasteiger partial charge is 0.273 e. The zero-order chi connectivity index (χ0) is 15.9. The molecule has 4 nitrogen and oxygen atoms in total. The zero-order valence-electron chi connectivity index (χ0n) is 11.0. The van der Waals surface area contributed by atoms with Crippen LogP contribution < -0.4 is 5.32 Å². The Morgan fingerprint density at radius 2 is 2.18 bits per heavy atom. The Labute approximate surface area is 147 Å². The second kappa shape index (κ2) is 6.21. The maximum atomic E-state index is 13.2. The number of Topliss-reactive ketones (excluding diaryl/α,β-unsaturated/α-hetero) is 1. The summed E-state index contributed by atoms with van der Waals surface area (Å²) < 4.78 is 14.8. The topological polar surface area (TPSA) is 51.1 Å². The van der Waals surface area contributed by atoms with E-state index in [1.54, 1.807) is 10.2 Å². The Morgan fingerprint density at radius 1 is 1.41 bits per heavy atom. The van der Waals surface area contributed by atoms with E-state index in [4.69, 9.17) is 11.6 Å². The Bertz CT molecular complexity index is 793. The standard InChI is InChI=1S/C14H9ClFIN2O2S/c15-10-5-7(1-3-11(10)16)18-14(21)13-8-2-4-12(20)9(8)6-19(13)22-17/h1,3,5-6H,2,4H2,(H,18,21). The number of carbonyl (C=O) groups is 2. The molecule has 114 valence electrons. The van der Waals surface area contributed by atoms with Crippen LogP contribution in [0.15, 0.2) is 24.4 Å². The molecule has 1 amide bonds. The third-order valence-corrected chi connectivity index (χ3v) is 5.45. The Balaban J connectivity index is 1.94. The van der Waals surface area contributed by atoms with Crippen molar-refractivity contribution in [2.45, 2.75) is 12.8 Å². The van der Waals surface area contributed by atoms with Gasteiger partial charge in [0.15, 0.2) is 5.78 Å². The van der Waals surface area contributed by atoms with Crippen LogP contribution >= 0.6 is 41.9 Å². The van der Waals surface area contributed by atoms with Crippen LogP contribution in [0.4, 0.5) is 10.1 Å². The van der Waals surface area contributed by atoms with E-state index in [2.05, 4.69) is 5.32 Å². The van der Waals surface area contributed by atoms with E-state index < -0.39 is 5.82 Å². The van der Waals surface area contributed by atoms with Gasteiger partial charge in [-0.3, -0.25) is 13.6 Å². The predicted octanol–water partition coefficient (Wildman–Crippen LogP) is 4.51. The molecule has 0 bridgehead atoms. The zero-order valence-corrected chi connectivity index (χ0v) is 14.8. The molecule has 1 N–H and O–H groups in total. The molecule has 0 saturated heterocycles. The largest absolute Gasteiger partial charge is 0.321 e. The third-order valence-electron chi connectivity index (χ3n) is 3.45. The van der Waals surface area contributed by atoms with Crippen molar-refractivity contribution in [3.63, 3.8) is 0 Å². The van der Waals surface area contributed by atoms with Crippen LogP contribution in [0.25, 0.3) is 0 Å². The SMILES string of the molecule is O=C1CCc2c1cn(SI)c2C(=O)Nc1ccc(F)c(Cl)c1. The molecule has 0 spiro atoms. The number of aromatic nitrogens is 1. The maximum Gasteiger partial charge on any atom is 0.273 e. The maximum absolute atomic E-state index is 13.2. The second-order valence-corrected chi connectivity index (χ2v) is 6.89. The van der Waals surface area contributed by atoms with Gasteiger partial charge in [0.1, 0.15) is 11.5 Å². The van der Waals surface area contributed by atoms with Gasteiger partial charge in [-0.05, 0) is 30.2 Å². The van der Waals surface area contributed by atoms with Crippen molar-refractivity contribution >= 4 is 59.3 Å². The number of ketones is 1. The number of benzene rings is 1. The number of fused-ring (bicyclic) bond motifs is 1. The first-order chi connectivity index (χ1) is 10.5. The highest BCUT2D eigenvalue weighted by molar-refractivity contribution is 14.2. The first-order valence-electron chi connectivity index (χ1n) is 6.34. The molecule has 0 atom stereocenters. The number of amides is 1. The van der Waals surface area contributed by atoms with Crippen LogP contribution in [0, 0.1) is 5.82 Å². The molecular formula is C14H9ClFIN2O2S. The summed E-state index contributed by atoms with van der Waals surface area (Å²) in [7, 11) is 1.31.